The maximum atomic E-state index is 13.4. The summed E-state index contributed by atoms with van der Waals surface area (Å²) in [5, 5.41) is 5.22. The number of anilines is 2. The molecule has 21 heavy (non-hydrogen) atoms. The van der Waals surface area contributed by atoms with Gasteiger partial charge < -0.3 is 11.1 Å². The Labute approximate surface area is 121 Å². The van der Waals surface area contributed by atoms with E-state index >= 15 is 0 Å². The van der Waals surface area contributed by atoms with E-state index in [0.29, 0.717) is 6.54 Å². The van der Waals surface area contributed by atoms with Gasteiger partial charge in [0.1, 0.15) is 5.82 Å². The normalized spacial score (nSPS) is 10.8. The van der Waals surface area contributed by atoms with Crippen LogP contribution in [0.15, 0.2) is 54.6 Å². The van der Waals surface area contributed by atoms with Crippen molar-refractivity contribution in [3.05, 3.63) is 71.8 Å². The monoisotopic (exact) mass is 284 g/mol. The largest absolute Gasteiger partial charge is 0.395 e. The van der Waals surface area contributed by atoms with Crippen LogP contribution in [0, 0.1) is 11.6 Å². The molecule has 0 heterocycles. The van der Waals surface area contributed by atoms with Crippen molar-refractivity contribution in [3.63, 3.8) is 0 Å². The van der Waals surface area contributed by atoms with Gasteiger partial charge in [-0.3, -0.25) is 0 Å². The van der Waals surface area contributed by atoms with Gasteiger partial charge in [0.25, 0.3) is 0 Å². The van der Waals surface area contributed by atoms with Gasteiger partial charge in [0.05, 0.1) is 11.4 Å². The van der Waals surface area contributed by atoms with Gasteiger partial charge in [-0.05, 0) is 22.4 Å². The third-order valence-corrected chi connectivity index (χ3v) is 3.44. The van der Waals surface area contributed by atoms with Gasteiger partial charge in [-0.2, -0.15) is 0 Å². The fraction of sp³-hybridized carbons (Fsp3) is 0.0588. The Morgan fingerprint density at radius 2 is 1.71 bits per heavy atom. The molecular weight excluding hydrogens is 270 g/mol. The Morgan fingerprint density at radius 1 is 0.952 bits per heavy atom. The Morgan fingerprint density at radius 3 is 2.57 bits per heavy atom. The van der Waals surface area contributed by atoms with Gasteiger partial charge in [-0.1, -0.05) is 42.5 Å². The number of halogens is 2. The number of nitrogen functional groups attached to an aromatic ring is 1. The van der Waals surface area contributed by atoms with E-state index < -0.39 is 11.6 Å². The molecule has 0 spiro atoms. The lowest BCUT2D eigenvalue weighted by Gasteiger charge is -2.12. The van der Waals surface area contributed by atoms with E-state index in [1.54, 1.807) is 0 Å². The fourth-order valence-corrected chi connectivity index (χ4v) is 2.37. The van der Waals surface area contributed by atoms with Gasteiger partial charge in [0.2, 0.25) is 0 Å². The van der Waals surface area contributed by atoms with Crippen LogP contribution in [0.4, 0.5) is 20.2 Å². The number of nitrogens with one attached hydrogen (secondary N) is 1. The molecule has 0 amide bonds. The van der Waals surface area contributed by atoms with Gasteiger partial charge >= 0.3 is 0 Å². The van der Waals surface area contributed by atoms with E-state index in [1.807, 2.05) is 42.5 Å². The molecule has 3 aromatic rings. The minimum absolute atomic E-state index is 0.0726. The summed E-state index contributed by atoms with van der Waals surface area (Å²) in [6.45, 7) is 0.439. The fourth-order valence-electron chi connectivity index (χ4n) is 2.37. The van der Waals surface area contributed by atoms with E-state index in [4.69, 9.17) is 5.73 Å². The van der Waals surface area contributed by atoms with Gasteiger partial charge in [-0.15, -0.1) is 0 Å². The zero-order valence-electron chi connectivity index (χ0n) is 11.2. The first-order valence-electron chi connectivity index (χ1n) is 6.60. The van der Waals surface area contributed by atoms with Crippen molar-refractivity contribution in [2.75, 3.05) is 11.1 Å². The highest BCUT2D eigenvalue weighted by molar-refractivity contribution is 5.86. The van der Waals surface area contributed by atoms with Crippen molar-refractivity contribution < 1.29 is 8.78 Å². The molecule has 0 radical (unpaired) electrons. The lowest BCUT2D eigenvalue weighted by atomic mass is 10.0. The highest BCUT2D eigenvalue weighted by Gasteiger charge is 2.08. The first-order valence-corrected chi connectivity index (χ1v) is 6.60. The predicted molar refractivity (Wildman–Crippen MR) is 82.0 cm³/mol. The molecule has 0 aliphatic heterocycles. The van der Waals surface area contributed by atoms with Crippen LogP contribution >= 0.6 is 0 Å². The van der Waals surface area contributed by atoms with Crippen molar-refractivity contribution in [2.45, 2.75) is 6.54 Å². The lowest BCUT2D eigenvalue weighted by molar-refractivity contribution is 0.587. The molecule has 0 saturated heterocycles. The number of nitrogens with two attached hydrogens (primary N) is 1. The molecule has 3 rings (SSSR count). The zero-order chi connectivity index (χ0) is 14.8. The smallest absolute Gasteiger partial charge is 0.151 e. The maximum absolute atomic E-state index is 13.4. The molecule has 0 aromatic heterocycles. The first kappa shape index (κ1) is 13.4. The lowest BCUT2D eigenvalue weighted by Crippen LogP contribution is -2.05. The third-order valence-electron chi connectivity index (χ3n) is 3.44. The second kappa shape index (κ2) is 5.40. The van der Waals surface area contributed by atoms with E-state index in [1.165, 1.54) is 6.07 Å². The third kappa shape index (κ3) is 2.65. The summed E-state index contributed by atoms with van der Waals surface area (Å²) >= 11 is 0. The highest BCUT2D eigenvalue weighted by atomic mass is 19.1. The Balaban J connectivity index is 1.91. The van der Waals surface area contributed by atoms with E-state index in [9.17, 15) is 8.78 Å². The first-order chi connectivity index (χ1) is 10.1. The zero-order valence-corrected chi connectivity index (χ0v) is 11.2. The second-order valence-corrected chi connectivity index (χ2v) is 4.84. The topological polar surface area (TPSA) is 38.0 Å². The maximum Gasteiger partial charge on any atom is 0.151 e. The summed E-state index contributed by atoms with van der Waals surface area (Å²) < 4.78 is 26.7. The molecule has 3 N–H and O–H groups in total. The summed E-state index contributed by atoms with van der Waals surface area (Å²) in [7, 11) is 0. The van der Waals surface area contributed by atoms with E-state index in [-0.39, 0.29) is 11.4 Å². The van der Waals surface area contributed by atoms with E-state index in [2.05, 4.69) is 5.32 Å². The quantitative estimate of drug-likeness (QED) is 0.703. The number of benzene rings is 3. The van der Waals surface area contributed by atoms with Crippen LogP contribution in [0.25, 0.3) is 10.8 Å². The van der Waals surface area contributed by atoms with Crippen molar-refractivity contribution in [1.82, 2.24) is 0 Å². The standard InChI is InChI=1S/C17H14F2N2/c18-13-8-15(19)17(20)16(9-13)21-10-12-6-3-5-11-4-1-2-7-14(11)12/h1-9,21H,10,20H2. The minimum atomic E-state index is -0.754. The van der Waals surface area contributed by atoms with Crippen molar-refractivity contribution in [2.24, 2.45) is 0 Å². The van der Waals surface area contributed by atoms with Crippen LogP contribution in [-0.2, 0) is 6.54 Å². The molecule has 0 fully saturated rings. The van der Waals surface area contributed by atoms with Crippen molar-refractivity contribution in [1.29, 1.82) is 0 Å². The molecule has 2 nitrogen and oxygen atoms in total. The average Bonchev–Trinajstić information content (AvgIpc) is 2.49. The molecule has 3 aromatic carbocycles. The summed E-state index contributed by atoms with van der Waals surface area (Å²) in [5.41, 5.74) is 6.85. The van der Waals surface area contributed by atoms with Crippen LogP contribution in [0.3, 0.4) is 0 Å². The number of rotatable bonds is 3. The number of hydrogen-bond acceptors (Lipinski definition) is 2. The molecule has 0 aliphatic carbocycles. The average molecular weight is 284 g/mol. The Bertz CT molecular complexity index is 795. The molecule has 106 valence electrons. The second-order valence-electron chi connectivity index (χ2n) is 4.84. The molecular formula is C17H14F2N2. The van der Waals surface area contributed by atoms with Crippen molar-refractivity contribution in [3.8, 4) is 0 Å². The van der Waals surface area contributed by atoms with E-state index in [0.717, 1.165) is 22.4 Å². The van der Waals surface area contributed by atoms with Crippen LogP contribution < -0.4 is 11.1 Å². The highest BCUT2D eigenvalue weighted by Crippen LogP contribution is 2.25. The number of fused-ring (bicyclic) bond motifs is 1. The van der Waals surface area contributed by atoms with Crippen molar-refractivity contribution >= 4 is 22.1 Å². The number of hydrogen-bond donors (Lipinski definition) is 2. The van der Waals surface area contributed by atoms with Crippen LogP contribution in [0.5, 0.6) is 0 Å². The minimum Gasteiger partial charge on any atom is -0.395 e. The van der Waals surface area contributed by atoms with Crippen LogP contribution in [-0.4, -0.2) is 0 Å². The molecule has 0 bridgehead atoms. The molecule has 0 unspecified atom stereocenters. The molecule has 4 heteroatoms. The van der Waals surface area contributed by atoms with Crippen LogP contribution in [0.1, 0.15) is 5.56 Å². The summed E-state index contributed by atoms with van der Waals surface area (Å²) in [6.07, 6.45) is 0. The predicted octanol–water partition coefficient (Wildman–Crippen LogP) is 4.31. The molecule has 0 saturated carbocycles. The molecule has 0 aliphatic rings. The molecule has 0 atom stereocenters. The van der Waals surface area contributed by atoms with Gasteiger partial charge in [0.15, 0.2) is 5.82 Å². The summed E-state index contributed by atoms with van der Waals surface area (Å²) in [6, 6.07) is 15.9. The van der Waals surface area contributed by atoms with Gasteiger partial charge in [0, 0.05) is 12.6 Å². The SMILES string of the molecule is Nc1c(F)cc(F)cc1NCc1cccc2ccccc12. The summed E-state index contributed by atoms with van der Waals surface area (Å²) in [5.74, 6) is -1.41. The summed E-state index contributed by atoms with van der Waals surface area (Å²) in [4.78, 5) is 0. The van der Waals surface area contributed by atoms with Crippen LogP contribution in [0.2, 0.25) is 0 Å². The van der Waals surface area contributed by atoms with Gasteiger partial charge in [-0.25, -0.2) is 8.78 Å². The Kier molecular flexibility index (Phi) is 3.44. The Hall–Kier alpha value is -2.62.